The number of hydrogen-bond acceptors (Lipinski definition) is 4. The van der Waals surface area contributed by atoms with Gasteiger partial charge in [0.1, 0.15) is 5.69 Å². The lowest BCUT2D eigenvalue weighted by molar-refractivity contribution is 0.102. The summed E-state index contributed by atoms with van der Waals surface area (Å²) >= 11 is 0. The van der Waals surface area contributed by atoms with Gasteiger partial charge < -0.3 is 5.32 Å². The van der Waals surface area contributed by atoms with Crippen molar-refractivity contribution in [3.63, 3.8) is 0 Å². The van der Waals surface area contributed by atoms with Gasteiger partial charge in [-0.1, -0.05) is 12.1 Å². The zero-order valence-electron chi connectivity index (χ0n) is 11.7. The van der Waals surface area contributed by atoms with Gasteiger partial charge in [-0.05, 0) is 43.2 Å². The highest BCUT2D eigenvalue weighted by atomic mass is 32.2. The molecule has 1 heterocycles. The predicted octanol–water partition coefficient (Wildman–Crippen LogP) is 1.77. The van der Waals surface area contributed by atoms with Gasteiger partial charge in [0.2, 0.25) is 10.0 Å². The maximum atomic E-state index is 12.2. The molecule has 7 heteroatoms. The first-order valence-corrected chi connectivity index (χ1v) is 8.38. The molecule has 114 valence electrons. The Morgan fingerprint density at radius 1 is 1.14 bits per heavy atom. The van der Waals surface area contributed by atoms with Crippen LogP contribution >= 0.6 is 0 Å². The van der Waals surface area contributed by atoms with Gasteiger partial charge in [0.25, 0.3) is 5.91 Å². The number of amides is 1. The number of anilines is 1. The summed E-state index contributed by atoms with van der Waals surface area (Å²) in [4.78, 5) is 16.1. The topological polar surface area (TPSA) is 88.2 Å². The lowest BCUT2D eigenvalue weighted by atomic mass is 10.3. The van der Waals surface area contributed by atoms with E-state index in [1.807, 2.05) is 0 Å². The Balaban J connectivity index is 1.78. The van der Waals surface area contributed by atoms with Gasteiger partial charge in [-0.2, -0.15) is 0 Å². The van der Waals surface area contributed by atoms with E-state index in [1.165, 1.54) is 18.3 Å². The fourth-order valence-corrected chi connectivity index (χ4v) is 3.27. The number of carbonyl (C=O) groups excluding carboxylic acids is 1. The normalized spacial score (nSPS) is 14.5. The SMILES string of the molecule is O=C(Nc1cccc(S(=O)(=O)NC2CC2)c1)c1ccccn1. The van der Waals surface area contributed by atoms with Gasteiger partial charge in [-0.15, -0.1) is 0 Å². The number of benzene rings is 1. The lowest BCUT2D eigenvalue weighted by Gasteiger charge is -2.08. The Labute approximate surface area is 128 Å². The van der Waals surface area contributed by atoms with Gasteiger partial charge in [0, 0.05) is 17.9 Å². The second kappa shape index (κ2) is 5.86. The van der Waals surface area contributed by atoms with E-state index in [2.05, 4.69) is 15.0 Å². The molecule has 6 nitrogen and oxygen atoms in total. The Bertz CT molecular complexity index is 787. The van der Waals surface area contributed by atoms with Crippen LogP contribution in [0.4, 0.5) is 5.69 Å². The second-order valence-electron chi connectivity index (χ2n) is 5.09. The highest BCUT2D eigenvalue weighted by Crippen LogP contribution is 2.23. The van der Waals surface area contributed by atoms with Crippen LogP contribution in [0.5, 0.6) is 0 Å². The van der Waals surface area contributed by atoms with Gasteiger partial charge in [0.05, 0.1) is 4.90 Å². The first-order valence-electron chi connectivity index (χ1n) is 6.89. The third-order valence-corrected chi connectivity index (χ3v) is 4.72. The first kappa shape index (κ1) is 14.7. The standard InChI is InChI=1S/C15H15N3O3S/c19-15(14-6-1-2-9-16-14)17-12-4-3-5-13(10-12)22(20,21)18-11-7-8-11/h1-6,9-11,18H,7-8H2,(H,17,19). The van der Waals surface area contributed by atoms with Gasteiger partial charge in [-0.25, -0.2) is 13.1 Å². The third-order valence-electron chi connectivity index (χ3n) is 3.20. The van der Waals surface area contributed by atoms with Crippen LogP contribution in [0.25, 0.3) is 0 Å². The summed E-state index contributed by atoms with van der Waals surface area (Å²) in [6, 6.07) is 11.2. The summed E-state index contributed by atoms with van der Waals surface area (Å²) in [6.07, 6.45) is 3.26. The highest BCUT2D eigenvalue weighted by Gasteiger charge is 2.28. The quantitative estimate of drug-likeness (QED) is 0.880. The highest BCUT2D eigenvalue weighted by molar-refractivity contribution is 7.89. The van der Waals surface area contributed by atoms with Crippen molar-refractivity contribution in [2.75, 3.05) is 5.32 Å². The maximum Gasteiger partial charge on any atom is 0.274 e. The summed E-state index contributed by atoms with van der Waals surface area (Å²) in [6.45, 7) is 0. The van der Waals surface area contributed by atoms with E-state index >= 15 is 0 Å². The van der Waals surface area contributed by atoms with E-state index in [4.69, 9.17) is 0 Å². The van der Waals surface area contributed by atoms with Crippen molar-refractivity contribution < 1.29 is 13.2 Å². The van der Waals surface area contributed by atoms with Gasteiger partial charge >= 0.3 is 0 Å². The van der Waals surface area contributed by atoms with Crippen LogP contribution in [0.15, 0.2) is 53.6 Å². The molecule has 0 unspecified atom stereocenters. The van der Waals surface area contributed by atoms with E-state index in [0.29, 0.717) is 5.69 Å². The average molecular weight is 317 g/mol. The van der Waals surface area contributed by atoms with E-state index in [1.54, 1.807) is 30.3 Å². The van der Waals surface area contributed by atoms with Crippen LogP contribution in [-0.2, 0) is 10.0 Å². The minimum atomic E-state index is -3.54. The average Bonchev–Trinajstić information content (AvgIpc) is 3.32. The number of nitrogens with one attached hydrogen (secondary N) is 2. The number of pyridine rings is 1. The maximum absolute atomic E-state index is 12.2. The Morgan fingerprint density at radius 2 is 1.95 bits per heavy atom. The van der Waals surface area contributed by atoms with Gasteiger partial charge in [0.15, 0.2) is 0 Å². The monoisotopic (exact) mass is 317 g/mol. The minimum absolute atomic E-state index is 0.0387. The molecule has 22 heavy (non-hydrogen) atoms. The van der Waals surface area contributed by atoms with Crippen LogP contribution in [0.3, 0.4) is 0 Å². The summed E-state index contributed by atoms with van der Waals surface area (Å²) in [5, 5.41) is 2.65. The summed E-state index contributed by atoms with van der Waals surface area (Å²) in [5.41, 5.74) is 0.682. The number of sulfonamides is 1. The molecule has 1 saturated carbocycles. The smallest absolute Gasteiger partial charge is 0.274 e. The molecule has 3 rings (SSSR count). The molecule has 1 aliphatic carbocycles. The minimum Gasteiger partial charge on any atom is -0.321 e. The zero-order chi connectivity index (χ0) is 15.6. The molecule has 0 bridgehead atoms. The molecule has 1 aliphatic rings. The van der Waals surface area contributed by atoms with Crippen LogP contribution in [-0.4, -0.2) is 25.4 Å². The molecule has 1 aromatic heterocycles. The lowest BCUT2D eigenvalue weighted by Crippen LogP contribution is -2.25. The summed E-state index contributed by atoms with van der Waals surface area (Å²) < 4.78 is 26.9. The van der Waals surface area contributed by atoms with E-state index in [0.717, 1.165) is 12.8 Å². The summed E-state index contributed by atoms with van der Waals surface area (Å²) in [5.74, 6) is -0.384. The van der Waals surface area contributed by atoms with Crippen LogP contribution in [0, 0.1) is 0 Å². The third kappa shape index (κ3) is 3.49. The molecule has 0 atom stereocenters. The Kier molecular flexibility index (Phi) is 3.91. The Morgan fingerprint density at radius 3 is 2.64 bits per heavy atom. The molecular formula is C15H15N3O3S. The van der Waals surface area contributed by atoms with Crippen molar-refractivity contribution >= 4 is 21.6 Å². The molecule has 1 fully saturated rings. The largest absolute Gasteiger partial charge is 0.321 e. The molecule has 1 amide bonds. The number of hydrogen-bond donors (Lipinski definition) is 2. The number of rotatable bonds is 5. The predicted molar refractivity (Wildman–Crippen MR) is 82.0 cm³/mol. The van der Waals surface area contributed by atoms with Crippen molar-refractivity contribution in [2.24, 2.45) is 0 Å². The molecule has 0 spiro atoms. The molecule has 1 aromatic carbocycles. The van der Waals surface area contributed by atoms with Gasteiger partial charge in [-0.3, -0.25) is 9.78 Å². The summed E-state index contributed by atoms with van der Waals surface area (Å²) in [7, 11) is -3.54. The zero-order valence-corrected chi connectivity index (χ0v) is 12.5. The van der Waals surface area contributed by atoms with E-state index in [-0.39, 0.29) is 22.5 Å². The fourth-order valence-electron chi connectivity index (χ4n) is 1.92. The Hall–Kier alpha value is -2.25. The van der Waals surface area contributed by atoms with E-state index < -0.39 is 10.0 Å². The van der Waals surface area contributed by atoms with Crippen molar-refractivity contribution in [1.29, 1.82) is 0 Å². The molecule has 2 aromatic rings. The van der Waals surface area contributed by atoms with Crippen molar-refractivity contribution in [3.05, 3.63) is 54.4 Å². The number of aromatic nitrogens is 1. The van der Waals surface area contributed by atoms with Crippen LogP contribution in [0.1, 0.15) is 23.3 Å². The molecule has 0 radical (unpaired) electrons. The van der Waals surface area contributed by atoms with E-state index in [9.17, 15) is 13.2 Å². The molecule has 0 saturated heterocycles. The number of carbonyl (C=O) groups is 1. The van der Waals surface area contributed by atoms with Crippen LogP contribution < -0.4 is 10.0 Å². The first-order chi connectivity index (χ1) is 10.5. The van der Waals surface area contributed by atoms with Crippen molar-refractivity contribution in [1.82, 2.24) is 9.71 Å². The molecule has 0 aliphatic heterocycles. The number of nitrogens with zero attached hydrogens (tertiary/aromatic N) is 1. The molecular weight excluding hydrogens is 302 g/mol. The second-order valence-corrected chi connectivity index (χ2v) is 6.81. The van der Waals surface area contributed by atoms with Crippen molar-refractivity contribution in [3.8, 4) is 0 Å². The van der Waals surface area contributed by atoms with Crippen LogP contribution in [0.2, 0.25) is 0 Å². The van der Waals surface area contributed by atoms with Crippen molar-refractivity contribution in [2.45, 2.75) is 23.8 Å². The fraction of sp³-hybridized carbons (Fsp3) is 0.200. The molecule has 2 N–H and O–H groups in total.